The summed E-state index contributed by atoms with van der Waals surface area (Å²) in [7, 11) is 3.33. The Morgan fingerprint density at radius 1 is 0.970 bits per heavy atom. The van der Waals surface area contributed by atoms with Gasteiger partial charge in [-0.1, -0.05) is 71.0 Å². The molecule has 0 spiro atoms. The fourth-order valence-corrected chi connectivity index (χ4v) is 14.0. The van der Waals surface area contributed by atoms with Crippen molar-refractivity contribution in [2.24, 2.45) is 46.4 Å². The SMILES string of the molecule is CC[C@@H]1OC(=O)[C@H](C)C(=O)[C@H](C)[C@@H](OC2O[C@H](C)C[C@H](N(C)C)[C@H]2O[Si](CC)(CC)CC)[C@](C)(OC)C[C@@H](C)C(=O)[C@H](C)[C@H]2[C@H](/C(N)=N/OCc3nnc(-c4ccccn4)s3)C(=O)O[C@]21C. The number of rotatable bonds is 15. The van der Waals surface area contributed by atoms with Crippen LogP contribution in [-0.2, 0) is 58.7 Å². The molecule has 2 aromatic rings. The van der Waals surface area contributed by atoms with E-state index in [1.165, 1.54) is 25.4 Å². The van der Waals surface area contributed by atoms with Gasteiger partial charge < -0.3 is 43.6 Å². The summed E-state index contributed by atoms with van der Waals surface area (Å²) in [5.41, 5.74) is 4.41. The minimum atomic E-state index is -2.24. The second kappa shape index (κ2) is 22.1. The van der Waals surface area contributed by atoms with Crippen molar-refractivity contribution in [3.05, 3.63) is 29.4 Å². The second-order valence-corrected chi connectivity index (χ2v) is 24.9. The van der Waals surface area contributed by atoms with E-state index in [9.17, 15) is 14.4 Å². The lowest BCUT2D eigenvalue weighted by atomic mass is 9.67. The third-order valence-corrected chi connectivity index (χ3v) is 20.2. The van der Waals surface area contributed by atoms with E-state index >= 15 is 4.79 Å². The predicted octanol–water partition coefficient (Wildman–Crippen LogP) is 6.59. The van der Waals surface area contributed by atoms with Crippen LogP contribution in [0.1, 0.15) is 100 Å². The molecule has 0 aliphatic carbocycles. The molecule has 14 atom stereocenters. The molecular weight excluding hydrogens is 885 g/mol. The minimum absolute atomic E-state index is 0.0655. The third kappa shape index (κ3) is 11.1. The average Bonchev–Trinajstić information content (AvgIpc) is 3.89. The predicted molar refractivity (Wildman–Crippen MR) is 251 cm³/mol. The fourth-order valence-electron chi connectivity index (χ4n) is 10.5. The van der Waals surface area contributed by atoms with Crippen LogP contribution in [0.2, 0.25) is 18.1 Å². The van der Waals surface area contributed by atoms with Crippen LogP contribution in [0.15, 0.2) is 29.6 Å². The molecule has 19 heteroatoms. The zero-order valence-corrected chi connectivity index (χ0v) is 43.2. The molecule has 66 heavy (non-hydrogen) atoms. The van der Waals surface area contributed by atoms with Gasteiger partial charge in [-0.25, -0.2) is 0 Å². The number of ketones is 2. The Hall–Kier alpha value is -3.72. The Morgan fingerprint density at radius 3 is 2.24 bits per heavy atom. The maximum Gasteiger partial charge on any atom is 0.317 e. The van der Waals surface area contributed by atoms with Crippen molar-refractivity contribution in [1.82, 2.24) is 20.1 Å². The largest absolute Gasteiger partial charge is 0.458 e. The molecule has 3 saturated heterocycles. The number of ether oxygens (including phenoxy) is 5. The quantitative estimate of drug-likeness (QED) is 0.0498. The van der Waals surface area contributed by atoms with Crippen LogP contribution in [0, 0.1) is 35.5 Å². The van der Waals surface area contributed by atoms with E-state index in [0.717, 1.165) is 18.1 Å². The number of carbonyl (C=O) groups excluding carboxylic acids is 4. The zero-order chi connectivity index (χ0) is 48.9. The summed E-state index contributed by atoms with van der Waals surface area (Å²) in [4.78, 5) is 70.1. The van der Waals surface area contributed by atoms with Crippen molar-refractivity contribution in [2.75, 3.05) is 21.2 Å². The molecule has 3 aliphatic rings. The highest BCUT2D eigenvalue weighted by Gasteiger charge is 2.63. The first kappa shape index (κ1) is 53.2. The van der Waals surface area contributed by atoms with Crippen molar-refractivity contribution in [3.8, 4) is 10.7 Å². The number of hydrogen-bond donors (Lipinski definition) is 1. The lowest BCUT2D eigenvalue weighted by Crippen LogP contribution is -2.62. The Bertz CT molecular complexity index is 2010. The second-order valence-electron chi connectivity index (χ2n) is 19.1. The number of oxime groups is 1. The number of nitrogens with two attached hydrogens (primary N) is 1. The van der Waals surface area contributed by atoms with Gasteiger partial charge in [-0.3, -0.25) is 24.2 Å². The number of hydrogen-bond acceptors (Lipinski definition) is 17. The number of likely N-dealkylation sites (N-methyl/N-ethyl adjacent to an activating group) is 1. The van der Waals surface area contributed by atoms with Gasteiger partial charge in [-0.15, -0.1) is 10.2 Å². The average molecular weight is 959 g/mol. The fraction of sp³-hybridized carbons (Fsp3) is 0.745. The number of fused-ring (bicyclic) bond motifs is 1. The lowest BCUT2D eigenvalue weighted by Gasteiger charge is -2.50. The van der Waals surface area contributed by atoms with Crippen molar-refractivity contribution in [3.63, 3.8) is 0 Å². The van der Waals surface area contributed by atoms with Crippen LogP contribution in [0.25, 0.3) is 10.7 Å². The molecule has 0 aromatic carbocycles. The van der Waals surface area contributed by atoms with E-state index in [2.05, 4.69) is 46.0 Å². The van der Waals surface area contributed by atoms with Crippen LogP contribution in [0.4, 0.5) is 0 Å². The van der Waals surface area contributed by atoms with E-state index in [4.69, 9.17) is 38.7 Å². The van der Waals surface area contributed by atoms with Gasteiger partial charge in [-0.05, 0) is 91.3 Å². The number of methoxy groups -OCH3 is 1. The van der Waals surface area contributed by atoms with Crippen LogP contribution in [0.3, 0.4) is 0 Å². The molecule has 0 radical (unpaired) electrons. The van der Waals surface area contributed by atoms with Crippen molar-refractivity contribution < 1.29 is 52.1 Å². The summed E-state index contributed by atoms with van der Waals surface area (Å²) in [5, 5.41) is 13.6. The van der Waals surface area contributed by atoms with Gasteiger partial charge in [-0.2, -0.15) is 0 Å². The molecule has 3 fully saturated rings. The number of nitrogens with zero attached hydrogens (tertiary/aromatic N) is 5. The van der Waals surface area contributed by atoms with E-state index in [1.54, 1.807) is 46.9 Å². The van der Waals surface area contributed by atoms with Gasteiger partial charge in [0.05, 0.1) is 17.8 Å². The van der Waals surface area contributed by atoms with Crippen LogP contribution >= 0.6 is 11.3 Å². The third-order valence-electron chi connectivity index (χ3n) is 14.7. The number of pyridine rings is 1. The van der Waals surface area contributed by atoms with Crippen LogP contribution in [-0.4, -0.2) is 127 Å². The number of amidine groups is 1. The first-order valence-electron chi connectivity index (χ1n) is 23.5. The molecular formula is C47H74N6O11SSi. The molecule has 5 heterocycles. The Balaban J connectivity index is 1.53. The number of Topliss-reactive ketones (excluding diaryl/α,β-unsaturated/α-hetero) is 2. The number of aromatic nitrogens is 3. The van der Waals surface area contributed by atoms with Crippen LogP contribution in [0.5, 0.6) is 0 Å². The summed E-state index contributed by atoms with van der Waals surface area (Å²) in [6.07, 6.45) is -1.06. The summed E-state index contributed by atoms with van der Waals surface area (Å²) in [5.74, 6) is -8.52. The van der Waals surface area contributed by atoms with E-state index in [1.807, 2.05) is 40.1 Å². The van der Waals surface area contributed by atoms with Crippen molar-refractivity contribution in [2.45, 2.75) is 168 Å². The summed E-state index contributed by atoms with van der Waals surface area (Å²) in [6, 6.07) is 8.12. The number of esters is 2. The molecule has 0 bridgehead atoms. The molecule has 2 aromatic heterocycles. The molecule has 3 aliphatic heterocycles. The van der Waals surface area contributed by atoms with Crippen molar-refractivity contribution >= 4 is 49.0 Å². The van der Waals surface area contributed by atoms with Gasteiger partial charge in [0, 0.05) is 43.0 Å². The zero-order valence-electron chi connectivity index (χ0n) is 41.4. The number of cyclic esters (lactones) is 1. The van der Waals surface area contributed by atoms with E-state index in [0.29, 0.717) is 22.1 Å². The Labute approximate surface area is 395 Å². The first-order chi connectivity index (χ1) is 31.1. The van der Waals surface area contributed by atoms with Crippen molar-refractivity contribution in [1.29, 1.82) is 0 Å². The normalized spacial score (nSPS) is 35.3. The molecule has 5 rings (SSSR count). The summed E-state index contributed by atoms with van der Waals surface area (Å²) >= 11 is 1.26. The van der Waals surface area contributed by atoms with Gasteiger partial charge in [0.15, 0.2) is 48.4 Å². The summed E-state index contributed by atoms with van der Waals surface area (Å²) < 4.78 is 39.7. The maximum absolute atomic E-state index is 15.0. The highest BCUT2D eigenvalue weighted by Crippen LogP contribution is 2.48. The molecule has 17 nitrogen and oxygen atoms in total. The monoisotopic (exact) mass is 958 g/mol. The molecule has 1 unspecified atom stereocenters. The highest BCUT2D eigenvalue weighted by atomic mass is 32.1. The van der Waals surface area contributed by atoms with Gasteiger partial charge in [0.25, 0.3) is 0 Å². The van der Waals surface area contributed by atoms with E-state index in [-0.39, 0.29) is 43.2 Å². The van der Waals surface area contributed by atoms with Gasteiger partial charge >= 0.3 is 11.9 Å². The Kier molecular flexibility index (Phi) is 17.9. The van der Waals surface area contributed by atoms with E-state index < -0.39 is 97.4 Å². The first-order valence-corrected chi connectivity index (χ1v) is 26.9. The van der Waals surface area contributed by atoms with Gasteiger partial charge in [0.2, 0.25) is 0 Å². The lowest BCUT2D eigenvalue weighted by molar-refractivity contribution is -0.292. The molecule has 0 saturated carbocycles. The summed E-state index contributed by atoms with van der Waals surface area (Å²) in [6.45, 7) is 20.4. The molecule has 2 N–H and O–H groups in total. The topological polar surface area (TPSA) is 213 Å². The van der Waals surface area contributed by atoms with Crippen LogP contribution < -0.4 is 5.73 Å². The Morgan fingerprint density at radius 2 is 1.65 bits per heavy atom. The molecule has 368 valence electrons. The molecule has 0 amide bonds. The minimum Gasteiger partial charge on any atom is -0.458 e. The highest BCUT2D eigenvalue weighted by molar-refractivity contribution is 7.14. The standard InChI is InChI=1S/C47H74N6O11SSi/c1-15-33-47(11)36(35(44(57)63-47)41(48)52-59-25-34-50-51-42(65-34)31-21-19-20-22-49-31)28(7)37(54)26(5)24-46(10,58-14)40(29(8)38(55)30(9)43(56)61-33)62-45-39(64-66(16-2,17-3)18-4)32(53(12)13)23-27(6)60-45/h19-22,26-30,32-33,35-36,39-40,45H,15-18,23-25H2,1-14H3,(H2,48,52)/t26-,27-,28-,29+,30-,32+,33+,35-,36+,39-,40-,45?,46-,47+/m1/s1. The smallest absolute Gasteiger partial charge is 0.317 e. The number of carbonyl (C=O) groups is 4. The maximum atomic E-state index is 15.0. The van der Waals surface area contributed by atoms with Gasteiger partial charge in [0.1, 0.15) is 35.5 Å².